The first-order chi connectivity index (χ1) is 6.61. The third kappa shape index (κ3) is 3.04. The van der Waals surface area contributed by atoms with Gasteiger partial charge in [0.05, 0.1) is 11.6 Å². The van der Waals surface area contributed by atoms with E-state index in [4.69, 9.17) is 10.4 Å². The van der Waals surface area contributed by atoms with E-state index in [2.05, 4.69) is 15.9 Å². The third-order valence-electron chi connectivity index (χ3n) is 1.47. The molecule has 0 saturated heterocycles. The van der Waals surface area contributed by atoms with E-state index in [1.165, 1.54) is 6.08 Å². The van der Waals surface area contributed by atoms with Crippen molar-refractivity contribution in [2.45, 2.75) is 0 Å². The second kappa shape index (κ2) is 4.58. The Bertz CT molecular complexity index is 432. The molecule has 0 amide bonds. The predicted octanol–water partition coefficient (Wildman–Crippen LogP) is 2.42. The van der Waals surface area contributed by atoms with Crippen LogP contribution < -0.4 is 0 Å². The Kier molecular flexibility index (Phi) is 3.43. The van der Waals surface area contributed by atoms with Gasteiger partial charge in [-0.1, -0.05) is 15.9 Å². The van der Waals surface area contributed by atoms with Gasteiger partial charge in [0.25, 0.3) is 0 Å². The van der Waals surface area contributed by atoms with Gasteiger partial charge in [0.2, 0.25) is 0 Å². The standard InChI is InChI=1S/C10H6BrNO2/c11-9-4-7(1-2-10(13)14)3-8(5-9)6-12/h1-5H,(H,13,14)/b2-1+. The molecule has 3 nitrogen and oxygen atoms in total. The summed E-state index contributed by atoms with van der Waals surface area (Å²) in [6.45, 7) is 0. The number of nitrogens with zero attached hydrogens (tertiary/aromatic N) is 1. The molecule has 1 N–H and O–H groups in total. The zero-order chi connectivity index (χ0) is 10.6. The quantitative estimate of drug-likeness (QED) is 0.822. The fraction of sp³-hybridized carbons (Fsp3) is 0. The molecule has 0 aromatic heterocycles. The van der Waals surface area contributed by atoms with Crippen LogP contribution in [0.1, 0.15) is 11.1 Å². The minimum atomic E-state index is -1.01. The summed E-state index contributed by atoms with van der Waals surface area (Å²) >= 11 is 3.23. The van der Waals surface area contributed by atoms with E-state index in [0.717, 1.165) is 10.5 Å². The van der Waals surface area contributed by atoms with Crippen LogP contribution in [0.5, 0.6) is 0 Å². The summed E-state index contributed by atoms with van der Waals surface area (Å²) in [5.74, 6) is -1.01. The molecule has 1 aromatic carbocycles. The zero-order valence-corrected chi connectivity index (χ0v) is 8.65. The normalized spacial score (nSPS) is 10.0. The lowest BCUT2D eigenvalue weighted by atomic mass is 10.1. The van der Waals surface area contributed by atoms with Crippen LogP contribution in [0.3, 0.4) is 0 Å². The van der Waals surface area contributed by atoms with E-state index in [0.29, 0.717) is 11.1 Å². The summed E-state index contributed by atoms with van der Waals surface area (Å²) in [5.41, 5.74) is 1.17. The molecule has 0 heterocycles. The lowest BCUT2D eigenvalue weighted by Gasteiger charge is -1.96. The molecule has 0 saturated carbocycles. The van der Waals surface area contributed by atoms with Gasteiger partial charge < -0.3 is 5.11 Å². The van der Waals surface area contributed by atoms with Gasteiger partial charge in [-0.3, -0.25) is 0 Å². The molecule has 0 fully saturated rings. The van der Waals surface area contributed by atoms with E-state index >= 15 is 0 Å². The summed E-state index contributed by atoms with van der Waals surface area (Å²) in [6.07, 6.45) is 2.47. The van der Waals surface area contributed by atoms with Crippen molar-refractivity contribution < 1.29 is 9.90 Å². The van der Waals surface area contributed by atoms with Gasteiger partial charge in [-0.25, -0.2) is 4.79 Å². The third-order valence-corrected chi connectivity index (χ3v) is 1.93. The Balaban J connectivity index is 3.05. The molecule has 0 radical (unpaired) electrons. The maximum absolute atomic E-state index is 10.2. The molecule has 0 aliphatic carbocycles. The number of benzene rings is 1. The molecule has 0 bridgehead atoms. The van der Waals surface area contributed by atoms with E-state index in [-0.39, 0.29) is 0 Å². The summed E-state index contributed by atoms with van der Waals surface area (Å²) in [5, 5.41) is 17.1. The Hall–Kier alpha value is -1.60. The number of aliphatic carboxylic acids is 1. The Morgan fingerprint density at radius 1 is 1.50 bits per heavy atom. The monoisotopic (exact) mass is 251 g/mol. The zero-order valence-electron chi connectivity index (χ0n) is 7.07. The van der Waals surface area contributed by atoms with Crippen molar-refractivity contribution in [3.8, 4) is 6.07 Å². The van der Waals surface area contributed by atoms with Crippen LogP contribution in [-0.4, -0.2) is 11.1 Å². The number of carboxylic acids is 1. The van der Waals surface area contributed by atoms with Crippen molar-refractivity contribution in [3.05, 3.63) is 39.9 Å². The number of halogens is 1. The molecular formula is C10H6BrNO2. The lowest BCUT2D eigenvalue weighted by molar-refractivity contribution is -0.131. The van der Waals surface area contributed by atoms with Gasteiger partial charge >= 0.3 is 5.97 Å². The first kappa shape index (κ1) is 10.5. The van der Waals surface area contributed by atoms with Crippen molar-refractivity contribution in [1.82, 2.24) is 0 Å². The predicted molar refractivity (Wildman–Crippen MR) is 55.5 cm³/mol. The lowest BCUT2D eigenvalue weighted by Crippen LogP contribution is -1.86. The fourth-order valence-electron chi connectivity index (χ4n) is 0.941. The van der Waals surface area contributed by atoms with Crippen molar-refractivity contribution in [2.24, 2.45) is 0 Å². The number of carbonyl (C=O) groups is 1. The van der Waals surface area contributed by atoms with E-state index in [1.807, 2.05) is 6.07 Å². The maximum atomic E-state index is 10.2. The van der Waals surface area contributed by atoms with Crippen LogP contribution in [0.25, 0.3) is 6.08 Å². The molecule has 0 atom stereocenters. The number of carboxylic acid groups (broad SMARTS) is 1. The van der Waals surface area contributed by atoms with Gasteiger partial charge in [-0.2, -0.15) is 5.26 Å². The Labute approximate surface area is 89.4 Å². The molecular weight excluding hydrogens is 246 g/mol. The summed E-state index contributed by atoms with van der Waals surface area (Å²) < 4.78 is 0.751. The highest BCUT2D eigenvalue weighted by molar-refractivity contribution is 9.10. The molecule has 0 aliphatic rings. The van der Waals surface area contributed by atoms with Gasteiger partial charge in [0, 0.05) is 10.5 Å². The largest absolute Gasteiger partial charge is 0.478 e. The smallest absolute Gasteiger partial charge is 0.328 e. The molecule has 14 heavy (non-hydrogen) atoms. The number of hydrogen-bond acceptors (Lipinski definition) is 2. The Morgan fingerprint density at radius 2 is 2.21 bits per heavy atom. The van der Waals surface area contributed by atoms with Crippen molar-refractivity contribution in [1.29, 1.82) is 5.26 Å². The van der Waals surface area contributed by atoms with Crippen LogP contribution in [0.15, 0.2) is 28.7 Å². The van der Waals surface area contributed by atoms with E-state index in [1.54, 1.807) is 18.2 Å². The average molecular weight is 252 g/mol. The summed E-state index contributed by atoms with van der Waals surface area (Å²) in [6, 6.07) is 7.00. The number of hydrogen-bond donors (Lipinski definition) is 1. The molecule has 0 aliphatic heterocycles. The highest BCUT2D eigenvalue weighted by Crippen LogP contribution is 2.16. The van der Waals surface area contributed by atoms with Gasteiger partial charge in [0.15, 0.2) is 0 Å². The van der Waals surface area contributed by atoms with Crippen molar-refractivity contribution >= 4 is 28.0 Å². The van der Waals surface area contributed by atoms with Gasteiger partial charge in [0.1, 0.15) is 0 Å². The molecule has 1 rings (SSSR count). The SMILES string of the molecule is N#Cc1cc(Br)cc(/C=C/C(=O)O)c1. The second-order valence-corrected chi connectivity index (χ2v) is 3.47. The fourth-order valence-corrected chi connectivity index (χ4v) is 1.45. The minimum absolute atomic E-state index is 0.490. The topological polar surface area (TPSA) is 61.1 Å². The minimum Gasteiger partial charge on any atom is -0.478 e. The Morgan fingerprint density at radius 3 is 2.79 bits per heavy atom. The molecule has 1 aromatic rings. The second-order valence-electron chi connectivity index (χ2n) is 2.56. The molecule has 4 heteroatoms. The van der Waals surface area contributed by atoms with Gasteiger partial charge in [-0.05, 0) is 29.8 Å². The number of rotatable bonds is 2. The average Bonchev–Trinajstić information content (AvgIpc) is 2.14. The van der Waals surface area contributed by atoms with Crippen molar-refractivity contribution in [2.75, 3.05) is 0 Å². The first-order valence-electron chi connectivity index (χ1n) is 3.73. The number of nitriles is 1. The van der Waals surface area contributed by atoms with Crippen LogP contribution in [-0.2, 0) is 4.79 Å². The highest BCUT2D eigenvalue weighted by Gasteiger charge is 1.96. The molecule has 70 valence electrons. The summed E-state index contributed by atoms with van der Waals surface area (Å²) in [7, 11) is 0. The highest BCUT2D eigenvalue weighted by atomic mass is 79.9. The van der Waals surface area contributed by atoms with E-state index < -0.39 is 5.97 Å². The van der Waals surface area contributed by atoms with Crippen molar-refractivity contribution in [3.63, 3.8) is 0 Å². The van der Waals surface area contributed by atoms with Crippen LogP contribution in [0.2, 0.25) is 0 Å². The van der Waals surface area contributed by atoms with Crippen LogP contribution >= 0.6 is 15.9 Å². The molecule has 0 unspecified atom stereocenters. The van der Waals surface area contributed by atoms with Crippen LogP contribution in [0, 0.1) is 11.3 Å². The van der Waals surface area contributed by atoms with Gasteiger partial charge in [-0.15, -0.1) is 0 Å². The first-order valence-corrected chi connectivity index (χ1v) is 4.53. The molecule has 0 spiro atoms. The maximum Gasteiger partial charge on any atom is 0.328 e. The van der Waals surface area contributed by atoms with E-state index in [9.17, 15) is 4.79 Å². The van der Waals surface area contributed by atoms with Crippen LogP contribution in [0.4, 0.5) is 0 Å². The summed E-state index contributed by atoms with van der Waals surface area (Å²) in [4.78, 5) is 10.2.